The molecule has 1 fully saturated rings. The number of rotatable bonds is 4. The molecule has 0 saturated heterocycles. The van der Waals surface area contributed by atoms with E-state index in [1.165, 1.54) is 32.1 Å². The van der Waals surface area contributed by atoms with E-state index in [4.69, 9.17) is 9.73 Å². The third-order valence-corrected chi connectivity index (χ3v) is 3.72. The number of ether oxygens (including phenoxy) is 1. The second-order valence-electron chi connectivity index (χ2n) is 5.64. The van der Waals surface area contributed by atoms with Crippen LogP contribution in [0.5, 0.6) is 0 Å². The average molecular weight is 255 g/mol. The van der Waals surface area contributed by atoms with Gasteiger partial charge in [0.05, 0.1) is 6.10 Å². The number of guanidine groups is 1. The molecule has 0 spiro atoms. The van der Waals surface area contributed by atoms with Crippen molar-refractivity contribution < 1.29 is 4.74 Å². The third-order valence-electron chi connectivity index (χ3n) is 3.72. The highest BCUT2D eigenvalue weighted by Crippen LogP contribution is 2.28. The molecule has 1 aliphatic carbocycles. The van der Waals surface area contributed by atoms with E-state index in [-0.39, 0.29) is 0 Å². The van der Waals surface area contributed by atoms with Crippen molar-refractivity contribution >= 4 is 5.96 Å². The van der Waals surface area contributed by atoms with E-state index in [9.17, 15) is 0 Å². The quantitative estimate of drug-likeness (QED) is 0.568. The van der Waals surface area contributed by atoms with Crippen LogP contribution in [0.4, 0.5) is 0 Å². The molecule has 0 bridgehead atoms. The topological polar surface area (TPSA) is 28.1 Å². The maximum atomic E-state index is 5.40. The van der Waals surface area contributed by atoms with Gasteiger partial charge in [-0.05, 0) is 38.0 Å². The van der Waals surface area contributed by atoms with E-state index in [1.54, 1.807) is 0 Å². The summed E-state index contributed by atoms with van der Waals surface area (Å²) < 4.78 is 5.40. The predicted molar refractivity (Wildman–Crippen MR) is 77.0 cm³/mol. The van der Waals surface area contributed by atoms with Crippen molar-refractivity contribution in [3.05, 3.63) is 0 Å². The Morgan fingerprint density at radius 2 is 1.61 bits per heavy atom. The first-order chi connectivity index (χ1) is 8.54. The van der Waals surface area contributed by atoms with E-state index in [0.29, 0.717) is 6.10 Å². The van der Waals surface area contributed by atoms with Crippen molar-refractivity contribution in [2.75, 3.05) is 41.8 Å². The van der Waals surface area contributed by atoms with E-state index >= 15 is 0 Å². The summed E-state index contributed by atoms with van der Waals surface area (Å²) in [7, 11) is 10.0. The molecule has 1 rings (SSSR count). The zero-order chi connectivity index (χ0) is 13.5. The highest BCUT2D eigenvalue weighted by molar-refractivity contribution is 5.79. The van der Waals surface area contributed by atoms with Gasteiger partial charge in [0, 0.05) is 41.8 Å². The summed E-state index contributed by atoms with van der Waals surface area (Å²) in [5.74, 6) is 1.89. The molecule has 4 nitrogen and oxygen atoms in total. The molecule has 0 atom stereocenters. The SMILES string of the molecule is COC1CCC(CCN=C(N(C)C)N(C)C)CC1. The van der Waals surface area contributed by atoms with Crippen LogP contribution in [0.15, 0.2) is 4.99 Å². The lowest BCUT2D eigenvalue weighted by Crippen LogP contribution is -2.35. The number of aliphatic imine (C=N–C) groups is 1. The summed E-state index contributed by atoms with van der Waals surface area (Å²) in [4.78, 5) is 8.84. The van der Waals surface area contributed by atoms with Gasteiger partial charge >= 0.3 is 0 Å². The number of hydrogen-bond donors (Lipinski definition) is 0. The standard InChI is InChI=1S/C14H29N3O/c1-16(2)14(17(3)4)15-11-10-12-6-8-13(18-5)9-7-12/h12-13H,6-11H2,1-5H3. The highest BCUT2D eigenvalue weighted by Gasteiger charge is 2.20. The molecule has 4 heteroatoms. The first-order valence-corrected chi connectivity index (χ1v) is 6.96. The van der Waals surface area contributed by atoms with E-state index in [1.807, 2.05) is 35.3 Å². The van der Waals surface area contributed by atoms with E-state index in [0.717, 1.165) is 18.4 Å². The maximum Gasteiger partial charge on any atom is 0.195 e. The molecule has 1 aliphatic rings. The molecule has 0 aromatic rings. The van der Waals surface area contributed by atoms with Gasteiger partial charge in [0.2, 0.25) is 0 Å². The van der Waals surface area contributed by atoms with Crippen LogP contribution in [0.3, 0.4) is 0 Å². The number of methoxy groups -OCH3 is 1. The Kier molecular flexibility index (Phi) is 6.47. The van der Waals surface area contributed by atoms with Gasteiger partial charge in [0.25, 0.3) is 0 Å². The fourth-order valence-electron chi connectivity index (χ4n) is 2.69. The molecule has 0 amide bonds. The van der Waals surface area contributed by atoms with Gasteiger partial charge in [0.15, 0.2) is 5.96 Å². The van der Waals surface area contributed by atoms with Crippen LogP contribution in [0.1, 0.15) is 32.1 Å². The van der Waals surface area contributed by atoms with Gasteiger partial charge in [-0.3, -0.25) is 4.99 Å². The molecule has 18 heavy (non-hydrogen) atoms. The predicted octanol–water partition coefficient (Wildman–Crippen LogP) is 2.06. The second kappa shape index (κ2) is 7.62. The molecule has 0 aromatic carbocycles. The Morgan fingerprint density at radius 3 is 2.06 bits per heavy atom. The molecule has 0 aliphatic heterocycles. The minimum Gasteiger partial charge on any atom is -0.381 e. The van der Waals surface area contributed by atoms with Gasteiger partial charge < -0.3 is 14.5 Å². The smallest absolute Gasteiger partial charge is 0.195 e. The molecule has 1 saturated carbocycles. The average Bonchev–Trinajstić information content (AvgIpc) is 2.34. The number of hydrogen-bond acceptors (Lipinski definition) is 2. The Hall–Kier alpha value is -0.770. The van der Waals surface area contributed by atoms with Crippen LogP contribution < -0.4 is 0 Å². The summed E-state index contributed by atoms with van der Waals surface area (Å²) in [5, 5.41) is 0. The molecule has 0 radical (unpaired) electrons. The van der Waals surface area contributed by atoms with Crippen LogP contribution in [0.25, 0.3) is 0 Å². The van der Waals surface area contributed by atoms with Crippen molar-refractivity contribution in [3.63, 3.8) is 0 Å². The normalized spacial score (nSPS) is 23.6. The summed E-state index contributed by atoms with van der Waals surface area (Å²) >= 11 is 0. The lowest BCUT2D eigenvalue weighted by molar-refractivity contribution is 0.0559. The van der Waals surface area contributed by atoms with Crippen molar-refractivity contribution in [2.24, 2.45) is 10.9 Å². The second-order valence-corrected chi connectivity index (χ2v) is 5.64. The van der Waals surface area contributed by atoms with Crippen LogP contribution in [0.2, 0.25) is 0 Å². The Balaban J connectivity index is 2.31. The Morgan fingerprint density at radius 1 is 1.06 bits per heavy atom. The molecule has 0 heterocycles. The summed E-state index contributed by atoms with van der Waals surface area (Å²) in [6, 6.07) is 0. The minimum atomic E-state index is 0.504. The van der Waals surface area contributed by atoms with Crippen LogP contribution in [-0.4, -0.2) is 63.7 Å². The van der Waals surface area contributed by atoms with Crippen molar-refractivity contribution in [2.45, 2.75) is 38.2 Å². The number of nitrogens with zero attached hydrogens (tertiary/aromatic N) is 3. The first-order valence-electron chi connectivity index (χ1n) is 6.96. The molecule has 0 aromatic heterocycles. The summed E-state index contributed by atoms with van der Waals surface area (Å²) in [5.41, 5.74) is 0. The van der Waals surface area contributed by atoms with Crippen LogP contribution >= 0.6 is 0 Å². The fraction of sp³-hybridized carbons (Fsp3) is 0.929. The monoisotopic (exact) mass is 255 g/mol. The van der Waals surface area contributed by atoms with Gasteiger partial charge in [0.1, 0.15) is 0 Å². The largest absolute Gasteiger partial charge is 0.381 e. The first kappa shape index (κ1) is 15.3. The maximum absolute atomic E-state index is 5.40. The molecule has 0 unspecified atom stereocenters. The van der Waals surface area contributed by atoms with Crippen molar-refractivity contribution in [1.29, 1.82) is 0 Å². The van der Waals surface area contributed by atoms with Crippen molar-refractivity contribution in [1.82, 2.24) is 9.80 Å². The lowest BCUT2D eigenvalue weighted by atomic mass is 9.85. The Bertz CT molecular complexity index is 246. The van der Waals surface area contributed by atoms with Crippen molar-refractivity contribution in [3.8, 4) is 0 Å². The van der Waals surface area contributed by atoms with E-state index in [2.05, 4.69) is 9.80 Å². The fourth-order valence-corrected chi connectivity index (χ4v) is 2.69. The molecule has 0 N–H and O–H groups in total. The van der Waals surface area contributed by atoms with Gasteiger partial charge in [-0.2, -0.15) is 0 Å². The molecular formula is C14H29N3O. The molecular weight excluding hydrogens is 226 g/mol. The lowest BCUT2D eigenvalue weighted by Gasteiger charge is -2.27. The van der Waals surface area contributed by atoms with E-state index < -0.39 is 0 Å². The third kappa shape index (κ3) is 4.84. The zero-order valence-corrected chi connectivity index (χ0v) is 12.6. The molecule has 106 valence electrons. The Labute approximate surface area is 112 Å². The zero-order valence-electron chi connectivity index (χ0n) is 12.6. The highest BCUT2D eigenvalue weighted by atomic mass is 16.5. The minimum absolute atomic E-state index is 0.504. The summed E-state index contributed by atoms with van der Waals surface area (Å²) in [6.45, 7) is 0.939. The summed E-state index contributed by atoms with van der Waals surface area (Å²) in [6.07, 6.45) is 6.75. The van der Waals surface area contributed by atoms with Gasteiger partial charge in [-0.25, -0.2) is 0 Å². The van der Waals surface area contributed by atoms with Crippen LogP contribution in [0, 0.1) is 5.92 Å². The van der Waals surface area contributed by atoms with Gasteiger partial charge in [-0.1, -0.05) is 0 Å². The van der Waals surface area contributed by atoms with Gasteiger partial charge in [-0.15, -0.1) is 0 Å². The van der Waals surface area contributed by atoms with Crippen LogP contribution in [-0.2, 0) is 4.74 Å².